The molecule has 0 spiro atoms. The lowest BCUT2D eigenvalue weighted by Gasteiger charge is -2.06. The van der Waals surface area contributed by atoms with E-state index in [0.717, 1.165) is 18.5 Å². The fraction of sp³-hybridized carbons (Fsp3) is 0.429. The van der Waals surface area contributed by atoms with E-state index in [9.17, 15) is 0 Å². The van der Waals surface area contributed by atoms with Gasteiger partial charge in [0.1, 0.15) is 6.33 Å². The number of hydrazine groups is 1. The fourth-order valence-electron chi connectivity index (χ4n) is 1.22. The quantitative estimate of drug-likeness (QED) is 0.592. The molecule has 0 radical (unpaired) electrons. The third-order valence-corrected chi connectivity index (χ3v) is 1.82. The van der Waals surface area contributed by atoms with Crippen LogP contribution in [-0.4, -0.2) is 16.5 Å². The molecule has 1 atom stereocenters. The minimum absolute atomic E-state index is 0.385. The molecule has 2 heterocycles. The summed E-state index contributed by atoms with van der Waals surface area (Å²) in [6, 6.07) is 0.385. The van der Waals surface area contributed by atoms with Crippen molar-refractivity contribution in [3.8, 4) is 0 Å². The summed E-state index contributed by atoms with van der Waals surface area (Å²) in [4.78, 5) is 7.90. The van der Waals surface area contributed by atoms with Crippen LogP contribution in [0.4, 0.5) is 0 Å². The maximum atomic E-state index is 3.95. The van der Waals surface area contributed by atoms with Gasteiger partial charge < -0.3 is 0 Å². The smallest absolute Gasteiger partial charge is 0.115 e. The Morgan fingerprint density at radius 1 is 1.36 bits per heavy atom. The first kappa shape index (κ1) is 6.69. The van der Waals surface area contributed by atoms with E-state index in [1.165, 1.54) is 0 Å². The summed E-state index contributed by atoms with van der Waals surface area (Å²) >= 11 is 0. The summed E-state index contributed by atoms with van der Waals surface area (Å²) in [7, 11) is 0. The van der Waals surface area contributed by atoms with Crippen LogP contribution in [0, 0.1) is 0 Å². The van der Waals surface area contributed by atoms with Crippen molar-refractivity contribution in [2.45, 2.75) is 12.5 Å². The van der Waals surface area contributed by atoms with Gasteiger partial charge in [-0.15, -0.1) is 0 Å². The van der Waals surface area contributed by atoms with Crippen molar-refractivity contribution >= 4 is 0 Å². The highest BCUT2D eigenvalue weighted by atomic mass is 15.4. The minimum atomic E-state index is 0.385. The lowest BCUT2D eigenvalue weighted by atomic mass is 10.1. The molecular weight excluding hydrogens is 140 g/mol. The van der Waals surface area contributed by atoms with E-state index < -0.39 is 0 Å². The van der Waals surface area contributed by atoms with Gasteiger partial charge in [0.2, 0.25) is 0 Å². The molecule has 11 heavy (non-hydrogen) atoms. The summed E-state index contributed by atoms with van der Waals surface area (Å²) in [6.45, 7) is 1.01. The monoisotopic (exact) mass is 150 g/mol. The van der Waals surface area contributed by atoms with Crippen LogP contribution in [0.2, 0.25) is 0 Å². The standard InChI is InChI=1S/C7H10N4/c1-2-10-11-7(1)6-3-8-5-9-4-6/h3-5,7,10-11H,1-2H2. The van der Waals surface area contributed by atoms with Gasteiger partial charge in [0.25, 0.3) is 0 Å². The van der Waals surface area contributed by atoms with E-state index in [4.69, 9.17) is 0 Å². The second kappa shape index (κ2) is 2.94. The summed E-state index contributed by atoms with van der Waals surface area (Å²) < 4.78 is 0. The zero-order valence-corrected chi connectivity index (χ0v) is 6.12. The zero-order chi connectivity index (χ0) is 7.52. The Morgan fingerprint density at radius 3 is 2.82 bits per heavy atom. The van der Waals surface area contributed by atoms with E-state index in [1.807, 2.05) is 12.4 Å². The van der Waals surface area contributed by atoms with E-state index in [0.29, 0.717) is 6.04 Å². The molecule has 1 saturated heterocycles. The predicted molar refractivity (Wildman–Crippen MR) is 40.5 cm³/mol. The van der Waals surface area contributed by atoms with Gasteiger partial charge >= 0.3 is 0 Å². The van der Waals surface area contributed by atoms with Crippen LogP contribution < -0.4 is 10.9 Å². The molecule has 58 valence electrons. The molecule has 1 aliphatic rings. The fourth-order valence-corrected chi connectivity index (χ4v) is 1.22. The summed E-state index contributed by atoms with van der Waals surface area (Å²) in [6.07, 6.45) is 6.34. The van der Waals surface area contributed by atoms with Crippen LogP contribution in [0.25, 0.3) is 0 Å². The SMILES string of the molecule is c1ncc(C2CCNN2)cn1. The first-order chi connectivity index (χ1) is 5.47. The van der Waals surface area contributed by atoms with Gasteiger partial charge in [0.05, 0.1) is 6.04 Å². The van der Waals surface area contributed by atoms with Crippen LogP contribution >= 0.6 is 0 Å². The van der Waals surface area contributed by atoms with Crippen LogP contribution in [0.5, 0.6) is 0 Å². The molecule has 1 fully saturated rings. The Hall–Kier alpha value is -1.00. The number of hydrogen-bond donors (Lipinski definition) is 2. The number of hydrogen-bond acceptors (Lipinski definition) is 4. The maximum absolute atomic E-state index is 3.95. The molecule has 4 nitrogen and oxygen atoms in total. The normalized spacial score (nSPS) is 23.8. The summed E-state index contributed by atoms with van der Waals surface area (Å²) in [5.41, 5.74) is 7.36. The first-order valence-electron chi connectivity index (χ1n) is 3.70. The molecule has 0 aromatic carbocycles. The second-order valence-corrected chi connectivity index (χ2v) is 2.58. The number of rotatable bonds is 1. The zero-order valence-electron chi connectivity index (χ0n) is 6.12. The molecule has 1 aromatic heterocycles. The molecule has 4 heteroatoms. The van der Waals surface area contributed by atoms with Gasteiger partial charge in [0.15, 0.2) is 0 Å². The summed E-state index contributed by atoms with van der Waals surface area (Å²) in [5.74, 6) is 0. The molecule has 0 saturated carbocycles. The molecule has 1 aromatic rings. The van der Waals surface area contributed by atoms with Crippen LogP contribution in [0.1, 0.15) is 18.0 Å². The van der Waals surface area contributed by atoms with Crippen LogP contribution in [0.15, 0.2) is 18.7 Å². The van der Waals surface area contributed by atoms with E-state index in [2.05, 4.69) is 20.8 Å². The average Bonchev–Trinajstić information content (AvgIpc) is 2.58. The van der Waals surface area contributed by atoms with Gasteiger partial charge in [-0.1, -0.05) is 0 Å². The van der Waals surface area contributed by atoms with Gasteiger partial charge in [0, 0.05) is 24.5 Å². The second-order valence-electron chi connectivity index (χ2n) is 2.58. The molecule has 0 aliphatic carbocycles. The molecule has 1 aliphatic heterocycles. The highest BCUT2D eigenvalue weighted by molar-refractivity contribution is 5.09. The number of nitrogens with one attached hydrogen (secondary N) is 2. The first-order valence-corrected chi connectivity index (χ1v) is 3.70. The van der Waals surface area contributed by atoms with Crippen LogP contribution in [0.3, 0.4) is 0 Å². The Bertz CT molecular complexity index is 217. The van der Waals surface area contributed by atoms with Gasteiger partial charge in [-0.05, 0) is 6.42 Å². The van der Waals surface area contributed by atoms with E-state index >= 15 is 0 Å². The molecule has 0 bridgehead atoms. The Balaban J connectivity index is 2.16. The van der Waals surface area contributed by atoms with Gasteiger partial charge in [-0.2, -0.15) is 0 Å². The Labute approximate surface area is 65.0 Å². The minimum Gasteiger partial charge on any atom is -0.257 e. The lowest BCUT2D eigenvalue weighted by molar-refractivity contribution is 0.577. The van der Waals surface area contributed by atoms with Crippen molar-refractivity contribution in [2.75, 3.05) is 6.54 Å². The molecular formula is C7H10N4. The van der Waals surface area contributed by atoms with Crippen molar-refractivity contribution in [3.05, 3.63) is 24.3 Å². The van der Waals surface area contributed by atoms with Gasteiger partial charge in [-0.25, -0.2) is 9.97 Å². The topological polar surface area (TPSA) is 49.8 Å². The highest BCUT2D eigenvalue weighted by Gasteiger charge is 2.15. The predicted octanol–water partition coefficient (Wildman–Crippen LogP) is 0.0156. The average molecular weight is 150 g/mol. The van der Waals surface area contributed by atoms with Crippen molar-refractivity contribution < 1.29 is 0 Å². The molecule has 1 unspecified atom stereocenters. The van der Waals surface area contributed by atoms with Crippen LogP contribution in [-0.2, 0) is 0 Å². The lowest BCUT2D eigenvalue weighted by Crippen LogP contribution is -2.24. The maximum Gasteiger partial charge on any atom is 0.115 e. The van der Waals surface area contributed by atoms with E-state index in [1.54, 1.807) is 6.33 Å². The Kier molecular flexibility index (Phi) is 1.79. The van der Waals surface area contributed by atoms with Crippen molar-refractivity contribution in [1.29, 1.82) is 0 Å². The third-order valence-electron chi connectivity index (χ3n) is 1.82. The highest BCUT2D eigenvalue weighted by Crippen LogP contribution is 2.15. The number of aromatic nitrogens is 2. The largest absolute Gasteiger partial charge is 0.257 e. The molecule has 0 amide bonds. The molecule has 2 N–H and O–H groups in total. The third kappa shape index (κ3) is 1.36. The molecule has 2 rings (SSSR count). The number of nitrogens with zero attached hydrogens (tertiary/aromatic N) is 2. The summed E-state index contributed by atoms with van der Waals surface area (Å²) in [5, 5.41) is 0. The van der Waals surface area contributed by atoms with E-state index in [-0.39, 0.29) is 0 Å². The van der Waals surface area contributed by atoms with Crippen molar-refractivity contribution in [3.63, 3.8) is 0 Å². The van der Waals surface area contributed by atoms with Crippen molar-refractivity contribution in [1.82, 2.24) is 20.8 Å². The van der Waals surface area contributed by atoms with Gasteiger partial charge in [-0.3, -0.25) is 10.9 Å². The Morgan fingerprint density at radius 2 is 2.18 bits per heavy atom. The van der Waals surface area contributed by atoms with Crippen molar-refractivity contribution in [2.24, 2.45) is 0 Å².